The van der Waals surface area contributed by atoms with Crippen LogP contribution in [0.15, 0.2) is 96.1 Å². The van der Waals surface area contributed by atoms with Gasteiger partial charge in [0.2, 0.25) is 11.1 Å². The summed E-state index contributed by atoms with van der Waals surface area (Å²) in [4.78, 5) is 14.6. The second-order valence-electron chi connectivity index (χ2n) is 10.7. The Balaban J connectivity index is 0.000000283. The Kier molecular flexibility index (Phi) is 15.5. The van der Waals surface area contributed by atoms with Gasteiger partial charge in [-0.05, 0) is 87.5 Å². The summed E-state index contributed by atoms with van der Waals surface area (Å²) in [5.74, 6) is 0.0774. The highest BCUT2D eigenvalue weighted by Gasteiger charge is 2.21. The lowest BCUT2D eigenvalue weighted by Crippen LogP contribution is -2.29. The van der Waals surface area contributed by atoms with Crippen LogP contribution >= 0.6 is 0 Å². The number of carbonyl (C=O) groups excluding carboxylic acids is 1. The summed E-state index contributed by atoms with van der Waals surface area (Å²) in [5, 5.41) is 11.6. The fraction of sp³-hybridized carbons (Fsp3) is 0.361. The minimum absolute atomic E-state index is 0.00300. The van der Waals surface area contributed by atoms with Crippen LogP contribution in [-0.4, -0.2) is 39.9 Å². The number of allylic oxidation sites excluding steroid dienone is 2. The average Bonchev–Trinajstić information content (AvgIpc) is 3.50. The van der Waals surface area contributed by atoms with Crippen LogP contribution in [0.5, 0.6) is 11.5 Å². The number of ether oxygens (including phenoxy) is 1. The number of phenols is 1. The zero-order valence-corrected chi connectivity index (χ0v) is 28.2. The molecule has 1 aliphatic heterocycles. The van der Waals surface area contributed by atoms with Crippen LogP contribution in [0.3, 0.4) is 0 Å². The van der Waals surface area contributed by atoms with Gasteiger partial charge in [-0.2, -0.15) is 5.12 Å². The van der Waals surface area contributed by atoms with Crippen LogP contribution < -0.4 is 20.2 Å². The van der Waals surface area contributed by atoms with E-state index in [0.29, 0.717) is 18.0 Å². The molecule has 10 heteroatoms. The fourth-order valence-electron chi connectivity index (χ4n) is 4.48. The monoisotopic (exact) mass is 648 g/mol. The van der Waals surface area contributed by atoms with E-state index in [2.05, 4.69) is 22.7 Å². The predicted molar refractivity (Wildman–Crippen MR) is 189 cm³/mol. The number of hydrogen-bond donors (Lipinski definition) is 3. The number of nitrogens with one attached hydrogen (secondary N) is 2. The summed E-state index contributed by atoms with van der Waals surface area (Å²) in [6.45, 7) is 10.3. The SMILES string of the molecule is CCCCCCCCOC(=O)/C(=C\C=C\N(CC)CC)S(=O)Oc1ccccc1.Cc1ccc(O)c(N2Nc3ccccc3N2)c1. The number of benzene rings is 3. The Morgan fingerprint density at radius 3 is 2.17 bits per heavy atom. The molecule has 3 aromatic carbocycles. The quantitative estimate of drug-likeness (QED) is 0.0613. The van der Waals surface area contributed by atoms with Gasteiger partial charge in [0, 0.05) is 13.1 Å². The number of phenolic OH excluding ortho intramolecular Hbond substituents is 1. The van der Waals surface area contributed by atoms with E-state index in [1.165, 1.54) is 25.3 Å². The number of hydrogen-bond acceptors (Lipinski definition) is 9. The van der Waals surface area contributed by atoms with Crippen LogP contribution in [0.2, 0.25) is 0 Å². The molecule has 1 aliphatic rings. The third kappa shape index (κ3) is 11.8. The van der Waals surface area contributed by atoms with Gasteiger partial charge in [0.1, 0.15) is 17.2 Å². The molecule has 1 atom stereocenters. The summed E-state index contributed by atoms with van der Waals surface area (Å²) in [5.41, 5.74) is 10.2. The van der Waals surface area contributed by atoms with Crippen molar-refractivity contribution in [2.75, 3.05) is 35.7 Å². The molecule has 0 amide bonds. The van der Waals surface area contributed by atoms with Gasteiger partial charge in [0.05, 0.1) is 18.0 Å². The lowest BCUT2D eigenvalue weighted by Gasteiger charge is -2.20. The molecular formula is C36H48N4O5S. The highest BCUT2D eigenvalue weighted by atomic mass is 32.2. The first-order valence-corrected chi connectivity index (χ1v) is 17.1. The number of anilines is 3. The number of esters is 1. The zero-order chi connectivity index (χ0) is 33.1. The van der Waals surface area contributed by atoms with Crippen molar-refractivity contribution in [2.24, 2.45) is 0 Å². The van der Waals surface area contributed by atoms with Gasteiger partial charge in [0.15, 0.2) is 4.91 Å². The number of aryl methyl sites for hydroxylation is 1. The molecule has 4 rings (SSSR count). The van der Waals surface area contributed by atoms with E-state index in [1.54, 1.807) is 41.5 Å². The first-order chi connectivity index (χ1) is 22.4. The van der Waals surface area contributed by atoms with E-state index >= 15 is 0 Å². The molecular weight excluding hydrogens is 600 g/mol. The number of aromatic hydroxyl groups is 1. The van der Waals surface area contributed by atoms with Crippen molar-refractivity contribution in [1.29, 1.82) is 0 Å². The van der Waals surface area contributed by atoms with Crippen LogP contribution in [0.1, 0.15) is 64.9 Å². The highest BCUT2D eigenvalue weighted by molar-refractivity contribution is 7.85. The molecule has 0 saturated heterocycles. The molecule has 0 spiro atoms. The van der Waals surface area contributed by atoms with E-state index in [0.717, 1.165) is 49.3 Å². The summed E-state index contributed by atoms with van der Waals surface area (Å²) in [6, 6.07) is 22.2. The van der Waals surface area contributed by atoms with Gasteiger partial charge < -0.3 is 18.9 Å². The smallest absolute Gasteiger partial charge is 0.350 e. The van der Waals surface area contributed by atoms with Crippen molar-refractivity contribution < 1.29 is 23.0 Å². The molecule has 0 aliphatic carbocycles. The van der Waals surface area contributed by atoms with Crippen molar-refractivity contribution in [3.8, 4) is 11.5 Å². The third-order valence-electron chi connectivity index (χ3n) is 7.15. The van der Waals surface area contributed by atoms with E-state index in [-0.39, 0.29) is 10.7 Å². The van der Waals surface area contributed by atoms with Crippen LogP contribution in [0.25, 0.3) is 0 Å². The lowest BCUT2D eigenvalue weighted by molar-refractivity contribution is -0.138. The van der Waals surface area contributed by atoms with E-state index < -0.39 is 17.0 Å². The van der Waals surface area contributed by atoms with Crippen molar-refractivity contribution in [3.63, 3.8) is 0 Å². The van der Waals surface area contributed by atoms with E-state index in [9.17, 15) is 14.1 Å². The van der Waals surface area contributed by atoms with Crippen molar-refractivity contribution in [1.82, 2.24) is 4.90 Å². The van der Waals surface area contributed by atoms with E-state index in [4.69, 9.17) is 8.92 Å². The Morgan fingerprint density at radius 1 is 0.891 bits per heavy atom. The Morgan fingerprint density at radius 2 is 1.52 bits per heavy atom. The number of unbranched alkanes of at least 4 members (excludes halogenated alkanes) is 5. The summed E-state index contributed by atoms with van der Waals surface area (Å²) < 4.78 is 23.4. The minimum Gasteiger partial charge on any atom is -0.506 e. The Hall–Kier alpha value is -4.44. The topological polar surface area (TPSA) is 103 Å². The number of nitrogens with zero attached hydrogens (tertiary/aromatic N) is 2. The molecule has 0 radical (unpaired) electrons. The van der Waals surface area contributed by atoms with Crippen LogP contribution in [-0.2, 0) is 20.6 Å². The first-order valence-electron chi connectivity index (χ1n) is 16.0. The fourth-order valence-corrected chi connectivity index (χ4v) is 5.25. The number of para-hydroxylation sites is 3. The number of hydrazine groups is 2. The van der Waals surface area contributed by atoms with Crippen molar-refractivity contribution in [2.45, 2.75) is 66.2 Å². The largest absolute Gasteiger partial charge is 0.506 e. The van der Waals surface area contributed by atoms with Gasteiger partial charge in [-0.15, -0.1) is 0 Å². The van der Waals surface area contributed by atoms with Crippen LogP contribution in [0, 0.1) is 6.92 Å². The Labute approximate surface area is 276 Å². The predicted octanol–water partition coefficient (Wildman–Crippen LogP) is 8.25. The molecule has 0 aromatic heterocycles. The molecule has 3 aromatic rings. The zero-order valence-electron chi connectivity index (χ0n) is 27.4. The summed E-state index contributed by atoms with van der Waals surface area (Å²) in [6.07, 6.45) is 11.7. The molecule has 0 fully saturated rings. The first kappa shape index (κ1) is 36.0. The molecule has 0 saturated carbocycles. The molecule has 248 valence electrons. The van der Waals surface area contributed by atoms with Gasteiger partial charge in [-0.1, -0.05) is 75.4 Å². The van der Waals surface area contributed by atoms with E-state index in [1.807, 2.05) is 69.4 Å². The minimum atomic E-state index is -1.95. The van der Waals surface area contributed by atoms with Gasteiger partial charge in [-0.25, -0.2) is 9.00 Å². The lowest BCUT2D eigenvalue weighted by atomic mass is 10.1. The van der Waals surface area contributed by atoms with Gasteiger partial charge in [-0.3, -0.25) is 10.9 Å². The molecule has 1 heterocycles. The molecule has 46 heavy (non-hydrogen) atoms. The second kappa shape index (κ2) is 19.8. The Bertz CT molecular complexity index is 1420. The van der Waals surface area contributed by atoms with Crippen molar-refractivity contribution in [3.05, 3.63) is 102 Å². The highest BCUT2D eigenvalue weighted by Crippen LogP contribution is 2.35. The maximum Gasteiger partial charge on any atom is 0.350 e. The molecule has 3 N–H and O–H groups in total. The van der Waals surface area contributed by atoms with Crippen molar-refractivity contribution >= 4 is 34.1 Å². The number of fused-ring (bicyclic) bond motifs is 1. The van der Waals surface area contributed by atoms with Gasteiger partial charge in [0.25, 0.3) is 0 Å². The number of carbonyl (C=O) groups is 1. The standard InChI is InChI=1S/C23H35NO4S.C13H13N3O/c1-4-7-8-9-10-14-20-27-23(25)22(18-15-19-24(5-2)6-3)29(26)28-21-16-12-11-13-17-21;1-9-6-7-13(17)12(8-9)16-14-10-4-2-3-5-11(10)15-16/h11-13,15-19H,4-10,14,20H2,1-3H3;2-8,14-15,17H,1H3/b19-15+,22-18+;. The molecule has 1 unspecified atom stereocenters. The number of rotatable bonds is 16. The maximum absolute atomic E-state index is 12.6. The van der Waals surface area contributed by atoms with Crippen LogP contribution in [0.4, 0.5) is 17.1 Å². The third-order valence-corrected chi connectivity index (χ3v) is 8.15. The average molecular weight is 649 g/mol. The normalized spacial score (nSPS) is 12.8. The molecule has 9 nitrogen and oxygen atoms in total. The van der Waals surface area contributed by atoms with Gasteiger partial charge >= 0.3 is 5.97 Å². The second-order valence-corrected chi connectivity index (χ2v) is 11.8. The maximum atomic E-state index is 12.6. The molecule has 0 bridgehead atoms. The summed E-state index contributed by atoms with van der Waals surface area (Å²) in [7, 11) is 0. The summed E-state index contributed by atoms with van der Waals surface area (Å²) >= 11 is -1.95.